The van der Waals surface area contributed by atoms with Crippen LogP contribution in [0.15, 0.2) is 0 Å². The fourth-order valence-electron chi connectivity index (χ4n) is 0.542. The van der Waals surface area contributed by atoms with Crippen molar-refractivity contribution in [1.82, 2.24) is 0 Å². The van der Waals surface area contributed by atoms with Gasteiger partial charge in [0.1, 0.15) is 6.42 Å². The van der Waals surface area contributed by atoms with Crippen molar-refractivity contribution in [2.24, 2.45) is 0 Å². The standard InChI is InChI=1S/C7H12O4.C2H6O3/c1-3-10-6(8)5-7(9)11-4-2;1-2(3,4)5/h3-5H2,1-2H3;3-5H,1H3. The molecule has 0 radical (unpaired) electrons. The minimum absolute atomic E-state index is 0.290. The number of hydrogen-bond acceptors (Lipinski definition) is 7. The number of ether oxygens (including phenoxy) is 2. The molecule has 0 saturated heterocycles. The number of hydrogen-bond donors (Lipinski definition) is 3. The fourth-order valence-corrected chi connectivity index (χ4v) is 0.542. The maximum Gasteiger partial charge on any atom is 0.317 e. The van der Waals surface area contributed by atoms with Gasteiger partial charge < -0.3 is 24.8 Å². The molecule has 0 aromatic heterocycles. The second kappa shape index (κ2) is 9.08. The van der Waals surface area contributed by atoms with Gasteiger partial charge in [-0.05, 0) is 13.8 Å². The third-order valence-corrected chi connectivity index (χ3v) is 0.899. The average molecular weight is 238 g/mol. The number of carbonyl (C=O) groups excluding carboxylic acids is 2. The Bertz CT molecular complexity index is 184. The van der Waals surface area contributed by atoms with Gasteiger partial charge in [0, 0.05) is 6.92 Å². The van der Waals surface area contributed by atoms with Crippen molar-refractivity contribution in [2.75, 3.05) is 13.2 Å². The molecule has 0 fully saturated rings. The van der Waals surface area contributed by atoms with Crippen LogP contribution in [0.4, 0.5) is 0 Å². The predicted molar refractivity (Wildman–Crippen MR) is 52.9 cm³/mol. The molecule has 0 aromatic carbocycles. The summed E-state index contributed by atoms with van der Waals surface area (Å²) in [5.74, 6) is -3.57. The van der Waals surface area contributed by atoms with Gasteiger partial charge in [-0.3, -0.25) is 9.59 Å². The lowest BCUT2D eigenvalue weighted by Crippen LogP contribution is -2.20. The van der Waals surface area contributed by atoms with Crippen LogP contribution >= 0.6 is 0 Å². The van der Waals surface area contributed by atoms with E-state index in [1.165, 1.54) is 0 Å². The Morgan fingerprint density at radius 2 is 1.25 bits per heavy atom. The quantitative estimate of drug-likeness (QED) is 0.332. The van der Waals surface area contributed by atoms with E-state index in [0.717, 1.165) is 6.92 Å². The average Bonchev–Trinajstić information content (AvgIpc) is 2.00. The van der Waals surface area contributed by atoms with Crippen molar-refractivity contribution in [1.29, 1.82) is 0 Å². The lowest BCUT2D eigenvalue weighted by atomic mass is 10.4. The minimum atomic E-state index is -2.50. The van der Waals surface area contributed by atoms with Crippen molar-refractivity contribution in [2.45, 2.75) is 33.2 Å². The van der Waals surface area contributed by atoms with Gasteiger partial charge in [0.25, 0.3) is 5.97 Å². The topological polar surface area (TPSA) is 113 Å². The van der Waals surface area contributed by atoms with Gasteiger partial charge >= 0.3 is 11.9 Å². The first-order valence-electron chi connectivity index (χ1n) is 4.69. The van der Waals surface area contributed by atoms with Crippen LogP contribution in [-0.2, 0) is 19.1 Å². The lowest BCUT2D eigenvalue weighted by Gasteiger charge is -2.01. The zero-order valence-corrected chi connectivity index (χ0v) is 9.60. The van der Waals surface area contributed by atoms with Gasteiger partial charge in [-0.15, -0.1) is 0 Å². The third kappa shape index (κ3) is 23.0. The van der Waals surface area contributed by atoms with Crippen molar-refractivity contribution in [3.05, 3.63) is 0 Å². The first-order valence-corrected chi connectivity index (χ1v) is 4.69. The van der Waals surface area contributed by atoms with Crippen LogP contribution < -0.4 is 0 Å². The van der Waals surface area contributed by atoms with Crippen molar-refractivity contribution in [3.8, 4) is 0 Å². The van der Waals surface area contributed by atoms with E-state index < -0.39 is 17.9 Å². The highest BCUT2D eigenvalue weighted by Gasteiger charge is 2.09. The van der Waals surface area contributed by atoms with Crippen molar-refractivity contribution in [3.63, 3.8) is 0 Å². The number of rotatable bonds is 4. The molecule has 16 heavy (non-hydrogen) atoms. The Hall–Kier alpha value is -1.18. The van der Waals surface area contributed by atoms with E-state index in [2.05, 4.69) is 9.47 Å². The summed E-state index contributed by atoms with van der Waals surface area (Å²) in [7, 11) is 0. The zero-order chi connectivity index (χ0) is 13.2. The maximum absolute atomic E-state index is 10.6. The minimum Gasteiger partial charge on any atom is -0.466 e. The van der Waals surface area contributed by atoms with E-state index in [0.29, 0.717) is 0 Å². The van der Waals surface area contributed by atoms with Gasteiger partial charge in [0.2, 0.25) is 0 Å². The molecule has 0 amide bonds. The Morgan fingerprint density at radius 1 is 1.00 bits per heavy atom. The van der Waals surface area contributed by atoms with Gasteiger partial charge in [-0.1, -0.05) is 0 Å². The maximum atomic E-state index is 10.6. The van der Waals surface area contributed by atoms with Crippen LogP contribution in [0, 0.1) is 0 Å². The van der Waals surface area contributed by atoms with E-state index in [4.69, 9.17) is 15.3 Å². The van der Waals surface area contributed by atoms with E-state index >= 15 is 0 Å². The second-order valence-corrected chi connectivity index (χ2v) is 2.76. The fraction of sp³-hybridized carbons (Fsp3) is 0.778. The normalized spacial score (nSPS) is 9.88. The molecule has 0 heterocycles. The van der Waals surface area contributed by atoms with Crippen LogP contribution in [0.25, 0.3) is 0 Å². The molecule has 0 spiro atoms. The molecule has 7 nitrogen and oxygen atoms in total. The molecule has 0 aliphatic heterocycles. The van der Waals surface area contributed by atoms with Crippen LogP contribution in [-0.4, -0.2) is 46.4 Å². The molecule has 0 aliphatic rings. The van der Waals surface area contributed by atoms with Crippen LogP contribution in [0.1, 0.15) is 27.2 Å². The van der Waals surface area contributed by atoms with E-state index in [9.17, 15) is 9.59 Å². The van der Waals surface area contributed by atoms with Gasteiger partial charge in [0.15, 0.2) is 0 Å². The first-order chi connectivity index (χ1) is 7.20. The molecule has 0 aliphatic carbocycles. The molecular formula is C9H18O7. The zero-order valence-electron chi connectivity index (χ0n) is 9.60. The highest BCUT2D eigenvalue weighted by molar-refractivity contribution is 5.91. The molecule has 0 saturated carbocycles. The molecule has 0 unspecified atom stereocenters. The summed E-state index contributed by atoms with van der Waals surface area (Å²) in [5.41, 5.74) is 0. The third-order valence-electron chi connectivity index (χ3n) is 0.899. The van der Waals surface area contributed by atoms with E-state index in [1.807, 2.05) is 0 Å². The Labute approximate surface area is 93.6 Å². The number of carbonyl (C=O) groups is 2. The SMILES string of the molecule is CC(O)(O)O.CCOC(=O)CC(=O)OCC. The van der Waals surface area contributed by atoms with Crippen LogP contribution in [0.5, 0.6) is 0 Å². The van der Waals surface area contributed by atoms with Gasteiger partial charge in [0.05, 0.1) is 13.2 Å². The predicted octanol–water partition coefficient (Wildman–Crippen LogP) is -0.860. The summed E-state index contributed by atoms with van der Waals surface area (Å²) in [6.07, 6.45) is -0.290. The summed E-state index contributed by atoms with van der Waals surface area (Å²) in [6, 6.07) is 0. The van der Waals surface area contributed by atoms with Crippen molar-refractivity contribution >= 4 is 11.9 Å². The largest absolute Gasteiger partial charge is 0.466 e. The van der Waals surface area contributed by atoms with Crippen molar-refractivity contribution < 1.29 is 34.4 Å². The first kappa shape index (κ1) is 17.2. The highest BCUT2D eigenvalue weighted by Crippen LogP contribution is 1.89. The van der Waals surface area contributed by atoms with Gasteiger partial charge in [-0.25, -0.2) is 0 Å². The second-order valence-electron chi connectivity index (χ2n) is 2.76. The lowest BCUT2D eigenvalue weighted by molar-refractivity contribution is -0.297. The molecule has 0 bridgehead atoms. The van der Waals surface area contributed by atoms with Crippen LogP contribution in [0.2, 0.25) is 0 Å². The number of aliphatic hydroxyl groups is 3. The summed E-state index contributed by atoms with van der Waals surface area (Å²) >= 11 is 0. The summed E-state index contributed by atoms with van der Waals surface area (Å²) in [4.78, 5) is 21.2. The molecule has 3 N–H and O–H groups in total. The van der Waals surface area contributed by atoms with E-state index in [-0.39, 0.29) is 19.6 Å². The number of esters is 2. The summed E-state index contributed by atoms with van der Waals surface area (Å²) in [5, 5.41) is 22.9. The molecule has 0 atom stereocenters. The monoisotopic (exact) mass is 238 g/mol. The summed E-state index contributed by atoms with van der Waals surface area (Å²) in [6.45, 7) is 4.80. The summed E-state index contributed by atoms with van der Waals surface area (Å²) < 4.78 is 9.04. The van der Waals surface area contributed by atoms with E-state index in [1.54, 1.807) is 13.8 Å². The Morgan fingerprint density at radius 3 is 1.44 bits per heavy atom. The van der Waals surface area contributed by atoms with Crippen LogP contribution in [0.3, 0.4) is 0 Å². The molecule has 96 valence electrons. The molecular weight excluding hydrogens is 220 g/mol. The Balaban J connectivity index is 0. The van der Waals surface area contributed by atoms with Gasteiger partial charge in [-0.2, -0.15) is 0 Å². The smallest absolute Gasteiger partial charge is 0.317 e. The molecule has 0 rings (SSSR count). The molecule has 0 aromatic rings. The Kier molecular flexibility index (Phi) is 9.77. The highest BCUT2D eigenvalue weighted by atomic mass is 16.7. The molecule has 7 heteroatoms.